The third-order valence-corrected chi connectivity index (χ3v) is 6.40. The van der Waals surface area contributed by atoms with Gasteiger partial charge in [0.1, 0.15) is 0 Å². The molecule has 1 aromatic carbocycles. The van der Waals surface area contributed by atoms with E-state index in [9.17, 15) is 9.59 Å². The average molecular weight is 506 g/mol. The van der Waals surface area contributed by atoms with Crippen molar-refractivity contribution in [1.29, 1.82) is 0 Å². The van der Waals surface area contributed by atoms with E-state index < -0.39 is 0 Å². The van der Waals surface area contributed by atoms with Crippen LogP contribution in [0.15, 0.2) is 64.0 Å². The van der Waals surface area contributed by atoms with Gasteiger partial charge >= 0.3 is 11.6 Å². The SMILES string of the molecule is C=C(C)C(=O)OCCCCCCCCCCCOc1cc2cc(-c3ccccc3CC)c(=O)oc2cn1. The van der Waals surface area contributed by atoms with Gasteiger partial charge in [-0.05, 0) is 43.4 Å². The molecule has 0 spiro atoms. The van der Waals surface area contributed by atoms with Crippen molar-refractivity contribution in [3.8, 4) is 17.0 Å². The molecule has 6 heteroatoms. The number of aromatic nitrogens is 1. The maximum absolute atomic E-state index is 12.6. The van der Waals surface area contributed by atoms with Crippen molar-refractivity contribution in [2.24, 2.45) is 0 Å². The number of carbonyl (C=O) groups is 1. The molecule has 0 saturated carbocycles. The number of carbonyl (C=O) groups excluding carboxylic acids is 1. The lowest BCUT2D eigenvalue weighted by molar-refractivity contribution is -0.139. The summed E-state index contributed by atoms with van der Waals surface area (Å²) in [6.45, 7) is 8.42. The molecule has 37 heavy (non-hydrogen) atoms. The fourth-order valence-electron chi connectivity index (χ4n) is 4.27. The van der Waals surface area contributed by atoms with Crippen LogP contribution < -0.4 is 10.4 Å². The van der Waals surface area contributed by atoms with E-state index in [0.29, 0.717) is 35.8 Å². The van der Waals surface area contributed by atoms with Crippen LogP contribution in [0.2, 0.25) is 0 Å². The average Bonchev–Trinajstić information content (AvgIpc) is 2.90. The summed E-state index contributed by atoms with van der Waals surface area (Å²) in [4.78, 5) is 28.2. The van der Waals surface area contributed by atoms with E-state index in [0.717, 1.165) is 48.6 Å². The normalized spacial score (nSPS) is 11.0. The fraction of sp³-hybridized carbons (Fsp3) is 0.452. The van der Waals surface area contributed by atoms with Crippen LogP contribution in [-0.2, 0) is 16.0 Å². The lowest BCUT2D eigenvalue weighted by Gasteiger charge is -2.09. The predicted octanol–water partition coefficient (Wildman–Crippen LogP) is 7.43. The molecular weight excluding hydrogens is 466 g/mol. The van der Waals surface area contributed by atoms with Crippen molar-refractivity contribution >= 4 is 16.9 Å². The molecule has 0 amide bonds. The van der Waals surface area contributed by atoms with Gasteiger partial charge in [0.05, 0.1) is 25.0 Å². The van der Waals surface area contributed by atoms with Gasteiger partial charge in [-0.2, -0.15) is 0 Å². The van der Waals surface area contributed by atoms with Crippen LogP contribution in [0.5, 0.6) is 5.88 Å². The molecule has 6 nitrogen and oxygen atoms in total. The lowest BCUT2D eigenvalue weighted by atomic mass is 9.99. The first kappa shape index (κ1) is 28.2. The van der Waals surface area contributed by atoms with Crippen molar-refractivity contribution in [3.63, 3.8) is 0 Å². The molecule has 2 heterocycles. The summed E-state index contributed by atoms with van der Waals surface area (Å²) in [6.07, 6.45) is 12.5. The second kappa shape index (κ2) is 15.0. The van der Waals surface area contributed by atoms with E-state index in [4.69, 9.17) is 13.9 Å². The lowest BCUT2D eigenvalue weighted by Crippen LogP contribution is -2.05. The highest BCUT2D eigenvalue weighted by molar-refractivity contribution is 5.86. The molecule has 3 aromatic rings. The Bertz CT molecular complexity index is 1230. The number of hydrogen-bond donors (Lipinski definition) is 0. The Balaban J connectivity index is 1.34. The molecule has 198 valence electrons. The van der Waals surface area contributed by atoms with Crippen LogP contribution in [0.1, 0.15) is 77.2 Å². The monoisotopic (exact) mass is 505 g/mol. The van der Waals surface area contributed by atoms with Crippen molar-refractivity contribution < 1.29 is 18.7 Å². The largest absolute Gasteiger partial charge is 0.478 e. The second-order valence-corrected chi connectivity index (χ2v) is 9.47. The smallest absolute Gasteiger partial charge is 0.344 e. The molecule has 0 unspecified atom stereocenters. The van der Waals surface area contributed by atoms with E-state index in [2.05, 4.69) is 18.5 Å². The first-order chi connectivity index (χ1) is 18.0. The summed E-state index contributed by atoms with van der Waals surface area (Å²) in [5.74, 6) is 0.251. The molecule has 2 aromatic heterocycles. The molecule has 0 bridgehead atoms. The standard InChI is InChI=1S/C31H39NO5/c1-4-24-16-12-13-17-26(24)27-20-25-21-29(32-22-28(25)37-31(27)34)35-18-14-10-8-6-5-7-9-11-15-19-36-30(33)23(2)3/h12-13,16-17,20-22H,2,4-11,14-15,18-19H2,1,3H3. The second-order valence-electron chi connectivity index (χ2n) is 9.47. The quantitative estimate of drug-likeness (QED) is 0.114. The van der Waals surface area contributed by atoms with E-state index in [-0.39, 0.29) is 11.6 Å². The Morgan fingerprint density at radius 2 is 1.57 bits per heavy atom. The highest BCUT2D eigenvalue weighted by Gasteiger charge is 2.12. The highest BCUT2D eigenvalue weighted by atomic mass is 16.5. The van der Waals surface area contributed by atoms with Gasteiger partial charge in [-0.25, -0.2) is 14.6 Å². The molecule has 0 aliphatic carbocycles. The number of hydrogen-bond acceptors (Lipinski definition) is 6. The summed E-state index contributed by atoms with van der Waals surface area (Å²) in [6, 6.07) is 11.6. The van der Waals surface area contributed by atoms with Crippen LogP contribution in [0, 0.1) is 0 Å². The molecule has 0 aliphatic heterocycles. The zero-order valence-electron chi connectivity index (χ0n) is 22.2. The van der Waals surface area contributed by atoms with Gasteiger partial charge in [0.25, 0.3) is 0 Å². The van der Waals surface area contributed by atoms with Gasteiger partial charge in [0.15, 0.2) is 5.58 Å². The Hall–Kier alpha value is -3.41. The third-order valence-electron chi connectivity index (χ3n) is 6.40. The zero-order chi connectivity index (χ0) is 26.5. The fourth-order valence-corrected chi connectivity index (χ4v) is 4.27. The molecule has 0 fully saturated rings. The van der Waals surface area contributed by atoms with Crippen molar-refractivity contribution in [3.05, 3.63) is 70.7 Å². The number of nitrogens with zero attached hydrogens (tertiary/aromatic N) is 1. The van der Waals surface area contributed by atoms with E-state index >= 15 is 0 Å². The summed E-state index contributed by atoms with van der Waals surface area (Å²) < 4.78 is 16.5. The minimum atomic E-state index is -0.354. The maximum Gasteiger partial charge on any atom is 0.344 e. The van der Waals surface area contributed by atoms with E-state index in [1.165, 1.54) is 32.1 Å². The number of benzene rings is 1. The zero-order valence-corrected chi connectivity index (χ0v) is 22.2. The number of ether oxygens (including phenoxy) is 2. The highest BCUT2D eigenvalue weighted by Crippen LogP contribution is 2.26. The van der Waals surface area contributed by atoms with Crippen molar-refractivity contribution in [2.75, 3.05) is 13.2 Å². The number of fused-ring (bicyclic) bond motifs is 1. The summed E-state index contributed by atoms with van der Waals surface area (Å²) >= 11 is 0. The molecule has 0 N–H and O–H groups in total. The van der Waals surface area contributed by atoms with E-state index in [1.807, 2.05) is 36.4 Å². The number of esters is 1. The number of pyridine rings is 1. The van der Waals surface area contributed by atoms with Gasteiger partial charge in [-0.3, -0.25) is 0 Å². The van der Waals surface area contributed by atoms with Gasteiger partial charge in [0, 0.05) is 17.0 Å². The van der Waals surface area contributed by atoms with Gasteiger partial charge in [-0.15, -0.1) is 0 Å². The Morgan fingerprint density at radius 3 is 2.24 bits per heavy atom. The first-order valence-corrected chi connectivity index (χ1v) is 13.5. The van der Waals surface area contributed by atoms with Crippen LogP contribution >= 0.6 is 0 Å². The van der Waals surface area contributed by atoms with Gasteiger partial charge in [0.2, 0.25) is 5.88 Å². The number of unbranched alkanes of at least 4 members (excludes halogenated alkanes) is 8. The summed E-state index contributed by atoms with van der Waals surface area (Å²) in [5.41, 5.74) is 3.14. The third kappa shape index (κ3) is 8.88. The minimum absolute atomic E-state index is 0.295. The molecule has 3 rings (SSSR count). The Morgan fingerprint density at radius 1 is 0.919 bits per heavy atom. The topological polar surface area (TPSA) is 78.6 Å². The molecule has 0 aliphatic rings. The van der Waals surface area contributed by atoms with Crippen molar-refractivity contribution in [2.45, 2.75) is 78.1 Å². The van der Waals surface area contributed by atoms with Crippen LogP contribution in [-0.4, -0.2) is 24.2 Å². The maximum atomic E-state index is 12.6. The molecule has 0 saturated heterocycles. The molecular formula is C31H39NO5. The van der Waals surface area contributed by atoms with Crippen LogP contribution in [0.4, 0.5) is 0 Å². The molecule has 0 atom stereocenters. The summed E-state index contributed by atoms with van der Waals surface area (Å²) in [7, 11) is 0. The Kier molecular flexibility index (Phi) is 11.4. The predicted molar refractivity (Wildman–Crippen MR) is 148 cm³/mol. The number of rotatable bonds is 16. The summed E-state index contributed by atoms with van der Waals surface area (Å²) in [5, 5.41) is 0.805. The first-order valence-electron chi connectivity index (χ1n) is 13.5. The van der Waals surface area contributed by atoms with E-state index in [1.54, 1.807) is 13.1 Å². The molecule has 0 radical (unpaired) electrons. The van der Waals surface area contributed by atoms with Gasteiger partial charge in [-0.1, -0.05) is 82.7 Å². The van der Waals surface area contributed by atoms with Crippen molar-refractivity contribution in [1.82, 2.24) is 4.98 Å². The van der Waals surface area contributed by atoms with Gasteiger partial charge < -0.3 is 13.9 Å². The van der Waals surface area contributed by atoms with Crippen LogP contribution in [0.25, 0.3) is 22.1 Å². The number of aryl methyl sites for hydroxylation is 1. The minimum Gasteiger partial charge on any atom is -0.478 e. The Labute approximate surface area is 219 Å². The van der Waals surface area contributed by atoms with Crippen LogP contribution in [0.3, 0.4) is 0 Å².